The number of amides is 1. The SMILES string of the molecule is Cn1nccc1C(=O)NC1CC(c2ccccc2)NN1. The van der Waals surface area contributed by atoms with Crippen LogP contribution in [0.5, 0.6) is 0 Å². The van der Waals surface area contributed by atoms with Gasteiger partial charge in [0.05, 0.1) is 6.17 Å². The van der Waals surface area contributed by atoms with Crippen molar-refractivity contribution in [2.75, 3.05) is 0 Å². The third kappa shape index (κ3) is 2.56. The minimum absolute atomic E-state index is 0.0948. The Morgan fingerprint density at radius 1 is 1.30 bits per heavy atom. The molecule has 0 aliphatic carbocycles. The average molecular weight is 271 g/mol. The van der Waals surface area contributed by atoms with Gasteiger partial charge in [-0.3, -0.25) is 9.48 Å². The molecule has 2 atom stereocenters. The van der Waals surface area contributed by atoms with E-state index in [2.05, 4.69) is 33.4 Å². The molecule has 0 saturated carbocycles. The molecule has 1 aromatic carbocycles. The molecule has 1 saturated heterocycles. The average Bonchev–Trinajstić information content (AvgIpc) is 3.09. The second-order valence-corrected chi connectivity index (χ2v) is 4.85. The molecule has 1 aliphatic rings. The van der Waals surface area contributed by atoms with Gasteiger partial charge in [-0.25, -0.2) is 10.9 Å². The molecule has 3 rings (SSSR count). The standard InChI is InChI=1S/C14H17N5O/c1-19-12(7-8-15-19)14(20)16-13-9-11(17-18-13)10-5-3-2-4-6-10/h2-8,11,13,17-18H,9H2,1H3,(H,16,20). The summed E-state index contributed by atoms with van der Waals surface area (Å²) < 4.78 is 1.56. The highest BCUT2D eigenvalue weighted by Gasteiger charge is 2.26. The van der Waals surface area contributed by atoms with Gasteiger partial charge < -0.3 is 5.32 Å². The van der Waals surface area contributed by atoms with Crippen LogP contribution in [-0.4, -0.2) is 21.9 Å². The van der Waals surface area contributed by atoms with Crippen LogP contribution < -0.4 is 16.2 Å². The molecule has 104 valence electrons. The number of hydrogen-bond donors (Lipinski definition) is 3. The number of hydrogen-bond acceptors (Lipinski definition) is 4. The lowest BCUT2D eigenvalue weighted by Gasteiger charge is -2.12. The number of nitrogens with one attached hydrogen (secondary N) is 3. The van der Waals surface area contributed by atoms with Crippen molar-refractivity contribution < 1.29 is 4.79 Å². The summed E-state index contributed by atoms with van der Waals surface area (Å²) in [6.45, 7) is 0. The molecule has 0 radical (unpaired) electrons. The summed E-state index contributed by atoms with van der Waals surface area (Å²) in [7, 11) is 1.75. The minimum atomic E-state index is -0.127. The third-order valence-corrected chi connectivity index (χ3v) is 3.46. The molecule has 1 aliphatic heterocycles. The third-order valence-electron chi connectivity index (χ3n) is 3.46. The van der Waals surface area contributed by atoms with Crippen LogP contribution >= 0.6 is 0 Å². The Morgan fingerprint density at radius 2 is 2.10 bits per heavy atom. The van der Waals surface area contributed by atoms with E-state index in [0.29, 0.717) is 5.69 Å². The lowest BCUT2D eigenvalue weighted by Crippen LogP contribution is -2.44. The zero-order chi connectivity index (χ0) is 13.9. The summed E-state index contributed by atoms with van der Waals surface area (Å²) >= 11 is 0. The van der Waals surface area contributed by atoms with Crippen molar-refractivity contribution in [3.8, 4) is 0 Å². The first-order chi connectivity index (χ1) is 9.74. The largest absolute Gasteiger partial charge is 0.334 e. The van der Waals surface area contributed by atoms with E-state index in [0.717, 1.165) is 6.42 Å². The maximum Gasteiger partial charge on any atom is 0.270 e. The molecular weight excluding hydrogens is 254 g/mol. The Bertz CT molecular complexity index is 595. The first-order valence-electron chi connectivity index (χ1n) is 6.59. The van der Waals surface area contributed by atoms with Gasteiger partial charge in [0.15, 0.2) is 0 Å². The molecule has 1 fully saturated rings. The summed E-state index contributed by atoms with van der Waals surface area (Å²) in [6, 6.07) is 12.1. The van der Waals surface area contributed by atoms with Crippen molar-refractivity contribution in [2.24, 2.45) is 7.05 Å². The Labute approximate surface area is 117 Å². The van der Waals surface area contributed by atoms with Crippen molar-refractivity contribution in [3.05, 3.63) is 53.9 Å². The van der Waals surface area contributed by atoms with E-state index < -0.39 is 0 Å². The van der Waals surface area contributed by atoms with Gasteiger partial charge in [0.2, 0.25) is 0 Å². The number of aryl methyl sites for hydroxylation is 1. The van der Waals surface area contributed by atoms with Crippen molar-refractivity contribution in [1.82, 2.24) is 25.9 Å². The number of carbonyl (C=O) groups excluding carboxylic acids is 1. The molecule has 0 spiro atoms. The first-order valence-corrected chi connectivity index (χ1v) is 6.59. The van der Waals surface area contributed by atoms with Gasteiger partial charge in [-0.1, -0.05) is 30.3 Å². The smallest absolute Gasteiger partial charge is 0.270 e. The van der Waals surface area contributed by atoms with Crippen LogP contribution in [0.25, 0.3) is 0 Å². The van der Waals surface area contributed by atoms with Gasteiger partial charge in [0.25, 0.3) is 5.91 Å². The van der Waals surface area contributed by atoms with Crippen molar-refractivity contribution in [2.45, 2.75) is 18.6 Å². The van der Waals surface area contributed by atoms with E-state index in [1.165, 1.54) is 5.56 Å². The Hall–Kier alpha value is -2.18. The fraction of sp³-hybridized carbons (Fsp3) is 0.286. The van der Waals surface area contributed by atoms with Gasteiger partial charge in [0.1, 0.15) is 5.69 Å². The monoisotopic (exact) mass is 271 g/mol. The summed E-state index contributed by atoms with van der Waals surface area (Å²) in [6.07, 6.45) is 2.32. The second kappa shape index (κ2) is 5.44. The normalized spacial score (nSPS) is 21.9. The van der Waals surface area contributed by atoms with Gasteiger partial charge in [0, 0.05) is 25.7 Å². The molecule has 3 N–H and O–H groups in total. The second-order valence-electron chi connectivity index (χ2n) is 4.85. The molecule has 2 unspecified atom stereocenters. The minimum Gasteiger partial charge on any atom is -0.334 e. The van der Waals surface area contributed by atoms with Crippen LogP contribution in [0.1, 0.15) is 28.5 Å². The highest BCUT2D eigenvalue weighted by Crippen LogP contribution is 2.20. The van der Waals surface area contributed by atoms with Crippen LogP contribution in [0.15, 0.2) is 42.6 Å². The summed E-state index contributed by atoms with van der Waals surface area (Å²) in [4.78, 5) is 12.1. The number of hydrazine groups is 1. The zero-order valence-electron chi connectivity index (χ0n) is 11.2. The van der Waals surface area contributed by atoms with Crippen LogP contribution in [0.3, 0.4) is 0 Å². The summed E-state index contributed by atoms with van der Waals surface area (Å²) in [5, 5.41) is 6.94. The van der Waals surface area contributed by atoms with Crippen molar-refractivity contribution in [1.29, 1.82) is 0 Å². The van der Waals surface area contributed by atoms with Crippen LogP contribution in [-0.2, 0) is 7.05 Å². The van der Waals surface area contributed by atoms with Crippen molar-refractivity contribution in [3.63, 3.8) is 0 Å². The van der Waals surface area contributed by atoms with Crippen molar-refractivity contribution >= 4 is 5.91 Å². The molecule has 20 heavy (non-hydrogen) atoms. The maximum atomic E-state index is 12.1. The summed E-state index contributed by atoms with van der Waals surface area (Å²) in [5.74, 6) is -0.127. The van der Waals surface area contributed by atoms with Gasteiger partial charge in [-0.15, -0.1) is 0 Å². The van der Waals surface area contributed by atoms with Crippen LogP contribution in [0.4, 0.5) is 0 Å². The lowest BCUT2D eigenvalue weighted by atomic mass is 10.0. The molecule has 2 aromatic rings. The maximum absolute atomic E-state index is 12.1. The molecule has 1 aromatic heterocycles. The molecule has 6 nitrogen and oxygen atoms in total. The number of carbonyl (C=O) groups is 1. The number of rotatable bonds is 3. The fourth-order valence-electron chi connectivity index (χ4n) is 2.38. The molecule has 6 heteroatoms. The van der Waals surface area contributed by atoms with E-state index in [4.69, 9.17) is 0 Å². The quantitative estimate of drug-likeness (QED) is 0.769. The Kier molecular flexibility index (Phi) is 3.49. The lowest BCUT2D eigenvalue weighted by molar-refractivity contribution is 0.0922. The molecular formula is C14H17N5O. The Morgan fingerprint density at radius 3 is 2.80 bits per heavy atom. The predicted molar refractivity (Wildman–Crippen MR) is 74.5 cm³/mol. The highest BCUT2D eigenvalue weighted by molar-refractivity contribution is 5.92. The number of benzene rings is 1. The van der Waals surface area contributed by atoms with E-state index >= 15 is 0 Å². The van der Waals surface area contributed by atoms with E-state index in [-0.39, 0.29) is 18.1 Å². The highest BCUT2D eigenvalue weighted by atomic mass is 16.2. The molecule has 1 amide bonds. The van der Waals surface area contributed by atoms with E-state index in [1.807, 2.05) is 18.2 Å². The number of aromatic nitrogens is 2. The van der Waals surface area contributed by atoms with E-state index in [1.54, 1.807) is 24.0 Å². The van der Waals surface area contributed by atoms with Crippen LogP contribution in [0.2, 0.25) is 0 Å². The zero-order valence-corrected chi connectivity index (χ0v) is 11.2. The van der Waals surface area contributed by atoms with E-state index in [9.17, 15) is 4.79 Å². The topological polar surface area (TPSA) is 71.0 Å². The fourth-order valence-corrected chi connectivity index (χ4v) is 2.38. The summed E-state index contributed by atoms with van der Waals surface area (Å²) in [5.41, 5.74) is 8.06. The molecule has 0 bridgehead atoms. The Balaban J connectivity index is 1.61. The molecule has 2 heterocycles. The van der Waals surface area contributed by atoms with Gasteiger partial charge in [-0.2, -0.15) is 5.10 Å². The number of nitrogens with zero attached hydrogens (tertiary/aromatic N) is 2. The first kappa shape index (κ1) is 12.8. The van der Waals surface area contributed by atoms with Gasteiger partial charge in [-0.05, 0) is 11.6 Å². The predicted octanol–water partition coefficient (Wildman–Crippen LogP) is 0.715. The van der Waals surface area contributed by atoms with Gasteiger partial charge >= 0.3 is 0 Å². The van der Waals surface area contributed by atoms with Crippen LogP contribution in [0, 0.1) is 0 Å².